The van der Waals surface area contributed by atoms with Crippen molar-refractivity contribution < 1.29 is 9.90 Å². The number of carboxylic acids is 1. The number of carboxylic acid groups (broad SMARTS) is 1. The summed E-state index contributed by atoms with van der Waals surface area (Å²) in [5.41, 5.74) is 1.86. The van der Waals surface area contributed by atoms with Crippen LogP contribution in [-0.2, 0) is 6.42 Å². The first-order valence-electron chi connectivity index (χ1n) is 6.87. The van der Waals surface area contributed by atoms with E-state index in [-0.39, 0.29) is 11.7 Å². The standard InChI is InChI=1S/C15H19N3O2/c1-3-4-10-13-14(15(19)20)16-17-18(13)11(2)12-8-6-5-7-9-12/h5-9,11H,3-4,10H2,1-2H3,(H,19,20). The normalized spacial score (nSPS) is 12.3. The Balaban J connectivity index is 2.38. The second kappa shape index (κ2) is 6.32. The Kier molecular flexibility index (Phi) is 4.50. The first kappa shape index (κ1) is 14.2. The van der Waals surface area contributed by atoms with Crippen molar-refractivity contribution in [1.29, 1.82) is 0 Å². The quantitative estimate of drug-likeness (QED) is 0.878. The minimum absolute atomic E-state index is 0.0244. The molecule has 0 fully saturated rings. The van der Waals surface area contributed by atoms with Crippen LogP contribution < -0.4 is 0 Å². The fraction of sp³-hybridized carbons (Fsp3) is 0.400. The molecule has 0 aliphatic rings. The molecule has 0 aliphatic carbocycles. The van der Waals surface area contributed by atoms with Crippen LogP contribution in [-0.4, -0.2) is 26.1 Å². The molecule has 106 valence electrons. The van der Waals surface area contributed by atoms with Crippen LogP contribution in [0.15, 0.2) is 30.3 Å². The maximum atomic E-state index is 11.2. The van der Waals surface area contributed by atoms with Gasteiger partial charge in [0.2, 0.25) is 0 Å². The van der Waals surface area contributed by atoms with Gasteiger partial charge in [-0.25, -0.2) is 9.48 Å². The van der Waals surface area contributed by atoms with Crippen molar-refractivity contribution in [3.63, 3.8) is 0 Å². The number of nitrogens with zero attached hydrogens (tertiary/aromatic N) is 3. The van der Waals surface area contributed by atoms with Crippen LogP contribution >= 0.6 is 0 Å². The van der Waals surface area contributed by atoms with E-state index in [0.717, 1.165) is 18.4 Å². The van der Waals surface area contributed by atoms with Gasteiger partial charge in [-0.05, 0) is 25.3 Å². The Bertz CT molecular complexity index is 578. The van der Waals surface area contributed by atoms with Crippen LogP contribution in [0.4, 0.5) is 0 Å². The van der Waals surface area contributed by atoms with E-state index in [4.69, 9.17) is 0 Å². The zero-order chi connectivity index (χ0) is 14.5. The Morgan fingerprint density at radius 1 is 1.35 bits per heavy atom. The van der Waals surface area contributed by atoms with Crippen molar-refractivity contribution in [2.24, 2.45) is 0 Å². The molecule has 1 N–H and O–H groups in total. The molecule has 0 saturated carbocycles. The van der Waals surface area contributed by atoms with Crippen LogP contribution in [0.3, 0.4) is 0 Å². The summed E-state index contributed by atoms with van der Waals surface area (Å²) in [4.78, 5) is 11.2. The maximum Gasteiger partial charge on any atom is 0.358 e. The van der Waals surface area contributed by atoms with E-state index in [1.54, 1.807) is 4.68 Å². The second-order valence-corrected chi connectivity index (χ2v) is 4.82. The molecule has 0 aliphatic heterocycles. The molecule has 2 aromatic rings. The smallest absolute Gasteiger partial charge is 0.358 e. The molecule has 1 heterocycles. The molecule has 0 radical (unpaired) electrons. The zero-order valence-electron chi connectivity index (χ0n) is 11.8. The van der Waals surface area contributed by atoms with E-state index >= 15 is 0 Å². The lowest BCUT2D eigenvalue weighted by Gasteiger charge is -2.15. The third kappa shape index (κ3) is 2.87. The molecule has 5 nitrogen and oxygen atoms in total. The first-order chi connectivity index (χ1) is 9.65. The summed E-state index contributed by atoms with van der Waals surface area (Å²) in [6, 6.07) is 9.88. The average Bonchev–Trinajstić information content (AvgIpc) is 2.89. The molecule has 1 atom stereocenters. The molecule has 0 spiro atoms. The molecule has 1 unspecified atom stereocenters. The lowest BCUT2D eigenvalue weighted by molar-refractivity contribution is 0.0689. The average molecular weight is 273 g/mol. The van der Waals surface area contributed by atoms with Gasteiger partial charge in [0.05, 0.1) is 11.7 Å². The van der Waals surface area contributed by atoms with E-state index in [9.17, 15) is 9.90 Å². The molecule has 5 heteroatoms. The number of benzene rings is 1. The second-order valence-electron chi connectivity index (χ2n) is 4.82. The third-order valence-corrected chi connectivity index (χ3v) is 3.41. The highest BCUT2D eigenvalue weighted by Crippen LogP contribution is 2.21. The first-order valence-corrected chi connectivity index (χ1v) is 6.87. The number of unbranched alkanes of at least 4 members (excludes halogenated alkanes) is 1. The van der Waals surface area contributed by atoms with E-state index < -0.39 is 5.97 Å². The van der Waals surface area contributed by atoms with Gasteiger partial charge in [0.15, 0.2) is 5.69 Å². The summed E-state index contributed by atoms with van der Waals surface area (Å²) in [6.45, 7) is 4.08. The van der Waals surface area contributed by atoms with Crippen molar-refractivity contribution in [3.8, 4) is 0 Å². The fourth-order valence-corrected chi connectivity index (χ4v) is 2.24. The minimum atomic E-state index is -1.01. The maximum absolute atomic E-state index is 11.2. The summed E-state index contributed by atoms with van der Waals surface area (Å²) < 4.78 is 1.73. The topological polar surface area (TPSA) is 68.0 Å². The fourth-order valence-electron chi connectivity index (χ4n) is 2.24. The lowest BCUT2D eigenvalue weighted by Crippen LogP contribution is -2.13. The van der Waals surface area contributed by atoms with Crippen LogP contribution in [0, 0.1) is 0 Å². The zero-order valence-corrected chi connectivity index (χ0v) is 11.8. The predicted molar refractivity (Wildman–Crippen MR) is 75.8 cm³/mol. The largest absolute Gasteiger partial charge is 0.476 e. The van der Waals surface area contributed by atoms with Crippen molar-refractivity contribution in [3.05, 3.63) is 47.3 Å². The van der Waals surface area contributed by atoms with Gasteiger partial charge in [0, 0.05) is 0 Å². The number of hydrogen-bond donors (Lipinski definition) is 1. The highest BCUT2D eigenvalue weighted by atomic mass is 16.4. The molecular formula is C15H19N3O2. The summed E-state index contributed by atoms with van der Waals surface area (Å²) in [5.74, 6) is -1.01. The van der Waals surface area contributed by atoms with Gasteiger partial charge in [-0.2, -0.15) is 0 Å². The van der Waals surface area contributed by atoms with Gasteiger partial charge in [0.1, 0.15) is 0 Å². The molecule has 20 heavy (non-hydrogen) atoms. The third-order valence-electron chi connectivity index (χ3n) is 3.41. The van der Waals surface area contributed by atoms with Gasteiger partial charge in [0.25, 0.3) is 0 Å². The number of rotatable bonds is 6. The van der Waals surface area contributed by atoms with E-state index in [2.05, 4.69) is 17.2 Å². The van der Waals surface area contributed by atoms with E-state index in [0.29, 0.717) is 12.1 Å². The van der Waals surface area contributed by atoms with Crippen LogP contribution in [0.5, 0.6) is 0 Å². The molecule has 1 aromatic heterocycles. The van der Waals surface area contributed by atoms with Crippen molar-refractivity contribution >= 4 is 5.97 Å². The SMILES string of the molecule is CCCCc1c(C(=O)O)nnn1C(C)c1ccccc1. The van der Waals surface area contributed by atoms with Gasteiger partial charge >= 0.3 is 5.97 Å². The minimum Gasteiger partial charge on any atom is -0.476 e. The lowest BCUT2D eigenvalue weighted by atomic mass is 10.1. The van der Waals surface area contributed by atoms with Gasteiger partial charge in [-0.3, -0.25) is 0 Å². The molecule has 1 aromatic carbocycles. The Morgan fingerprint density at radius 3 is 2.65 bits per heavy atom. The van der Waals surface area contributed by atoms with Gasteiger partial charge in [-0.1, -0.05) is 48.9 Å². The van der Waals surface area contributed by atoms with E-state index in [1.165, 1.54) is 0 Å². The highest BCUT2D eigenvalue weighted by molar-refractivity contribution is 5.86. The Labute approximate surface area is 118 Å². The van der Waals surface area contributed by atoms with Gasteiger partial charge < -0.3 is 5.11 Å². The van der Waals surface area contributed by atoms with Crippen LogP contribution in [0.25, 0.3) is 0 Å². The molecule has 0 saturated heterocycles. The number of carbonyl (C=O) groups is 1. The highest BCUT2D eigenvalue weighted by Gasteiger charge is 2.21. The molecule has 2 rings (SSSR count). The summed E-state index contributed by atoms with van der Waals surface area (Å²) in [5, 5.41) is 17.1. The summed E-state index contributed by atoms with van der Waals surface area (Å²) in [6.07, 6.45) is 2.61. The number of aromatic nitrogens is 3. The van der Waals surface area contributed by atoms with E-state index in [1.807, 2.05) is 37.3 Å². The van der Waals surface area contributed by atoms with Crippen molar-refractivity contribution in [2.75, 3.05) is 0 Å². The van der Waals surface area contributed by atoms with Crippen molar-refractivity contribution in [1.82, 2.24) is 15.0 Å². The molecule has 0 bridgehead atoms. The predicted octanol–water partition coefficient (Wildman–Crippen LogP) is 2.93. The van der Waals surface area contributed by atoms with Crippen LogP contribution in [0.2, 0.25) is 0 Å². The summed E-state index contributed by atoms with van der Waals surface area (Å²) in [7, 11) is 0. The van der Waals surface area contributed by atoms with Crippen molar-refractivity contribution in [2.45, 2.75) is 39.2 Å². The Hall–Kier alpha value is -2.17. The Morgan fingerprint density at radius 2 is 2.05 bits per heavy atom. The number of hydrogen-bond acceptors (Lipinski definition) is 3. The number of aromatic carboxylic acids is 1. The van der Waals surface area contributed by atoms with Gasteiger partial charge in [-0.15, -0.1) is 5.10 Å². The monoisotopic (exact) mass is 273 g/mol. The van der Waals surface area contributed by atoms with Crippen LogP contribution in [0.1, 0.15) is 54.5 Å². The summed E-state index contributed by atoms with van der Waals surface area (Å²) >= 11 is 0. The molecule has 0 amide bonds. The molecular weight excluding hydrogens is 254 g/mol.